The van der Waals surface area contributed by atoms with E-state index in [1.54, 1.807) is 0 Å². The molecule has 1 rings (SSSR count). The molecule has 0 aliphatic heterocycles. The first-order valence-electron chi connectivity index (χ1n) is 6.90. The second kappa shape index (κ2) is 5.27. The SMILES string of the molecule is CC(C)(C)OCCC1(COC(C)(C)C)CCC1. The average molecular weight is 242 g/mol. The molecule has 17 heavy (non-hydrogen) atoms. The number of hydrogen-bond donors (Lipinski definition) is 0. The zero-order valence-corrected chi connectivity index (χ0v) is 12.6. The Morgan fingerprint density at radius 2 is 1.41 bits per heavy atom. The lowest BCUT2D eigenvalue weighted by atomic mass is 9.67. The van der Waals surface area contributed by atoms with Crippen molar-refractivity contribution in [3.05, 3.63) is 0 Å². The molecule has 0 aromatic carbocycles. The van der Waals surface area contributed by atoms with Crippen molar-refractivity contribution in [1.82, 2.24) is 0 Å². The van der Waals surface area contributed by atoms with Crippen molar-refractivity contribution in [2.24, 2.45) is 5.41 Å². The van der Waals surface area contributed by atoms with Crippen LogP contribution in [-0.4, -0.2) is 24.4 Å². The van der Waals surface area contributed by atoms with Gasteiger partial charge in [-0.15, -0.1) is 0 Å². The van der Waals surface area contributed by atoms with Gasteiger partial charge in [-0.3, -0.25) is 0 Å². The molecule has 0 amide bonds. The molecule has 1 aliphatic rings. The minimum Gasteiger partial charge on any atom is -0.376 e. The highest BCUT2D eigenvalue weighted by Crippen LogP contribution is 2.45. The summed E-state index contributed by atoms with van der Waals surface area (Å²) in [6.45, 7) is 14.5. The maximum absolute atomic E-state index is 5.96. The Hall–Kier alpha value is -0.0800. The fourth-order valence-electron chi connectivity index (χ4n) is 2.09. The first kappa shape index (κ1) is 15.0. The molecule has 0 bridgehead atoms. The van der Waals surface area contributed by atoms with Crippen molar-refractivity contribution >= 4 is 0 Å². The van der Waals surface area contributed by atoms with Crippen LogP contribution in [0.25, 0.3) is 0 Å². The lowest BCUT2D eigenvalue weighted by molar-refractivity contribution is -0.0986. The van der Waals surface area contributed by atoms with Gasteiger partial charge in [0.1, 0.15) is 0 Å². The lowest BCUT2D eigenvalue weighted by Crippen LogP contribution is -2.39. The maximum atomic E-state index is 5.96. The van der Waals surface area contributed by atoms with Gasteiger partial charge in [0.2, 0.25) is 0 Å². The van der Waals surface area contributed by atoms with E-state index in [9.17, 15) is 0 Å². The normalized spacial score (nSPS) is 20.1. The standard InChI is InChI=1S/C15H30O2/c1-13(2,3)16-11-10-15(8-7-9-15)12-17-14(4,5)6/h7-12H2,1-6H3. The zero-order chi connectivity index (χ0) is 13.2. The van der Waals surface area contributed by atoms with Crippen molar-refractivity contribution in [2.45, 2.75) is 78.4 Å². The van der Waals surface area contributed by atoms with Gasteiger partial charge in [-0.2, -0.15) is 0 Å². The summed E-state index contributed by atoms with van der Waals surface area (Å²) in [6, 6.07) is 0. The topological polar surface area (TPSA) is 18.5 Å². The second-order valence-electron chi connectivity index (χ2n) is 7.47. The summed E-state index contributed by atoms with van der Waals surface area (Å²) in [5, 5.41) is 0. The molecule has 102 valence electrons. The van der Waals surface area contributed by atoms with E-state index in [1.165, 1.54) is 19.3 Å². The molecule has 1 aliphatic carbocycles. The van der Waals surface area contributed by atoms with Crippen LogP contribution >= 0.6 is 0 Å². The Bertz CT molecular complexity index is 228. The summed E-state index contributed by atoms with van der Waals surface area (Å²) in [5.74, 6) is 0. The van der Waals surface area contributed by atoms with E-state index in [0.717, 1.165) is 19.6 Å². The third-order valence-electron chi connectivity index (χ3n) is 3.39. The first-order valence-corrected chi connectivity index (χ1v) is 6.90. The molecule has 1 fully saturated rings. The van der Waals surface area contributed by atoms with Crippen LogP contribution in [0.15, 0.2) is 0 Å². The smallest absolute Gasteiger partial charge is 0.0598 e. The van der Waals surface area contributed by atoms with Gasteiger partial charge in [0.25, 0.3) is 0 Å². The van der Waals surface area contributed by atoms with Crippen LogP contribution in [0.3, 0.4) is 0 Å². The molecule has 0 N–H and O–H groups in total. The van der Waals surface area contributed by atoms with E-state index in [1.807, 2.05) is 0 Å². The van der Waals surface area contributed by atoms with Crippen molar-refractivity contribution in [2.75, 3.05) is 13.2 Å². The number of hydrogen-bond acceptors (Lipinski definition) is 2. The Kier molecular flexibility index (Phi) is 4.65. The minimum absolute atomic E-state index is 0.0180. The van der Waals surface area contributed by atoms with Gasteiger partial charge in [0, 0.05) is 6.61 Å². The summed E-state index contributed by atoms with van der Waals surface area (Å²) >= 11 is 0. The molecule has 0 saturated heterocycles. The van der Waals surface area contributed by atoms with Gasteiger partial charge in [-0.05, 0) is 66.2 Å². The molecule has 0 spiro atoms. The predicted molar refractivity (Wildman–Crippen MR) is 72.3 cm³/mol. The average Bonchev–Trinajstić information content (AvgIpc) is 2.04. The van der Waals surface area contributed by atoms with E-state index in [4.69, 9.17) is 9.47 Å². The summed E-state index contributed by atoms with van der Waals surface area (Å²) in [4.78, 5) is 0. The van der Waals surface area contributed by atoms with E-state index in [2.05, 4.69) is 41.5 Å². The highest BCUT2D eigenvalue weighted by Gasteiger charge is 2.38. The number of ether oxygens (including phenoxy) is 2. The van der Waals surface area contributed by atoms with E-state index >= 15 is 0 Å². The van der Waals surface area contributed by atoms with E-state index in [0.29, 0.717) is 5.41 Å². The Labute approximate surface area is 107 Å². The Balaban J connectivity index is 2.31. The third-order valence-corrected chi connectivity index (χ3v) is 3.39. The van der Waals surface area contributed by atoms with Gasteiger partial charge in [0.05, 0.1) is 17.8 Å². The maximum Gasteiger partial charge on any atom is 0.0598 e. The summed E-state index contributed by atoms with van der Waals surface area (Å²) in [7, 11) is 0. The molecule has 0 unspecified atom stereocenters. The van der Waals surface area contributed by atoms with Crippen LogP contribution in [0, 0.1) is 5.41 Å². The van der Waals surface area contributed by atoms with Crippen LogP contribution < -0.4 is 0 Å². The van der Waals surface area contributed by atoms with E-state index < -0.39 is 0 Å². The highest BCUT2D eigenvalue weighted by atomic mass is 16.5. The van der Waals surface area contributed by atoms with Gasteiger partial charge in [0.15, 0.2) is 0 Å². The van der Waals surface area contributed by atoms with Gasteiger partial charge in [-0.1, -0.05) is 6.42 Å². The highest BCUT2D eigenvalue weighted by molar-refractivity contribution is 4.88. The largest absolute Gasteiger partial charge is 0.376 e. The Morgan fingerprint density at radius 1 is 0.882 bits per heavy atom. The monoisotopic (exact) mass is 242 g/mol. The molecule has 0 aromatic heterocycles. The van der Waals surface area contributed by atoms with Crippen molar-refractivity contribution in [1.29, 1.82) is 0 Å². The zero-order valence-electron chi connectivity index (χ0n) is 12.6. The van der Waals surface area contributed by atoms with Crippen LogP contribution in [0.1, 0.15) is 67.2 Å². The van der Waals surface area contributed by atoms with Gasteiger partial charge < -0.3 is 9.47 Å². The van der Waals surface area contributed by atoms with Crippen molar-refractivity contribution in [3.8, 4) is 0 Å². The first-order chi connectivity index (χ1) is 7.62. The van der Waals surface area contributed by atoms with Gasteiger partial charge in [-0.25, -0.2) is 0 Å². The lowest BCUT2D eigenvalue weighted by Gasteiger charge is -2.43. The quantitative estimate of drug-likeness (QED) is 0.720. The summed E-state index contributed by atoms with van der Waals surface area (Å²) in [5.41, 5.74) is 0.363. The van der Waals surface area contributed by atoms with Crippen molar-refractivity contribution < 1.29 is 9.47 Å². The predicted octanol–water partition coefficient (Wildman–Crippen LogP) is 4.18. The fourth-order valence-corrected chi connectivity index (χ4v) is 2.09. The number of rotatable bonds is 5. The van der Waals surface area contributed by atoms with Gasteiger partial charge >= 0.3 is 0 Å². The van der Waals surface area contributed by atoms with E-state index in [-0.39, 0.29) is 11.2 Å². The molecule has 0 aromatic rings. The fraction of sp³-hybridized carbons (Fsp3) is 1.00. The molecule has 0 heterocycles. The van der Waals surface area contributed by atoms with Crippen LogP contribution in [0.5, 0.6) is 0 Å². The summed E-state index contributed by atoms with van der Waals surface area (Å²) in [6.07, 6.45) is 5.09. The van der Waals surface area contributed by atoms with Crippen LogP contribution in [0.2, 0.25) is 0 Å². The molecule has 1 saturated carbocycles. The molecule has 2 nitrogen and oxygen atoms in total. The third kappa shape index (κ3) is 5.87. The molecular weight excluding hydrogens is 212 g/mol. The van der Waals surface area contributed by atoms with Crippen LogP contribution in [-0.2, 0) is 9.47 Å². The Morgan fingerprint density at radius 3 is 1.76 bits per heavy atom. The summed E-state index contributed by atoms with van der Waals surface area (Å²) < 4.78 is 11.8. The molecule has 2 heteroatoms. The second-order valence-corrected chi connectivity index (χ2v) is 7.47. The van der Waals surface area contributed by atoms with Crippen LogP contribution in [0.4, 0.5) is 0 Å². The molecule has 0 atom stereocenters. The molecule has 0 radical (unpaired) electrons. The minimum atomic E-state index is -0.0204. The molecular formula is C15H30O2. The van der Waals surface area contributed by atoms with Crippen molar-refractivity contribution in [3.63, 3.8) is 0 Å².